The van der Waals surface area contributed by atoms with Crippen LogP contribution in [0.4, 0.5) is 0 Å². The van der Waals surface area contributed by atoms with E-state index in [0.29, 0.717) is 11.1 Å². The molecule has 0 saturated carbocycles. The van der Waals surface area contributed by atoms with Gasteiger partial charge in [0.15, 0.2) is 0 Å². The highest BCUT2D eigenvalue weighted by Crippen LogP contribution is 2.27. The van der Waals surface area contributed by atoms with E-state index in [1.165, 1.54) is 0 Å². The van der Waals surface area contributed by atoms with Gasteiger partial charge in [-0.25, -0.2) is 0 Å². The molecule has 4 nitrogen and oxygen atoms in total. The molecule has 2 atom stereocenters. The minimum atomic E-state index is -0.357. The molecule has 0 amide bonds. The molecule has 168 valence electrons. The molecule has 4 rings (SSSR count). The van der Waals surface area contributed by atoms with Crippen molar-refractivity contribution >= 4 is 18.5 Å². The van der Waals surface area contributed by atoms with E-state index in [0.717, 1.165) is 11.1 Å². The molecule has 0 spiro atoms. The molecule has 0 heterocycles. The first-order valence-corrected chi connectivity index (χ1v) is 11.1. The Morgan fingerprint density at radius 1 is 0.559 bits per heavy atom. The Bertz CT molecular complexity index is 1280. The number of aromatic hydroxyl groups is 2. The minimum absolute atomic E-state index is 0.172. The van der Waals surface area contributed by atoms with Crippen LogP contribution in [0.25, 0.3) is 6.08 Å². The lowest BCUT2D eigenvalue weighted by Gasteiger charge is -2.19. The molecule has 4 aromatic rings. The van der Waals surface area contributed by atoms with E-state index < -0.39 is 0 Å². The van der Waals surface area contributed by atoms with Crippen molar-refractivity contribution in [2.45, 2.75) is 12.1 Å². The molecule has 4 aromatic carbocycles. The van der Waals surface area contributed by atoms with Crippen LogP contribution in [0.3, 0.4) is 0 Å². The molecule has 0 aliphatic carbocycles. The lowest BCUT2D eigenvalue weighted by Crippen LogP contribution is -2.14. The number of para-hydroxylation sites is 2. The first-order valence-electron chi connectivity index (χ1n) is 11.1. The third kappa shape index (κ3) is 6.08. The van der Waals surface area contributed by atoms with Crippen LogP contribution in [-0.2, 0) is 0 Å². The largest absolute Gasteiger partial charge is 0.507 e. The Kier molecular flexibility index (Phi) is 7.65. The summed E-state index contributed by atoms with van der Waals surface area (Å²) >= 11 is 0. The summed E-state index contributed by atoms with van der Waals surface area (Å²) < 4.78 is 0. The molecule has 0 fully saturated rings. The van der Waals surface area contributed by atoms with Gasteiger partial charge in [0.2, 0.25) is 0 Å². The van der Waals surface area contributed by atoms with Gasteiger partial charge in [-0.3, -0.25) is 9.98 Å². The van der Waals surface area contributed by atoms with E-state index in [1.807, 2.05) is 97.1 Å². The van der Waals surface area contributed by atoms with Crippen molar-refractivity contribution in [3.8, 4) is 11.5 Å². The predicted octanol–water partition coefficient (Wildman–Crippen LogP) is 6.46. The van der Waals surface area contributed by atoms with E-state index in [9.17, 15) is 10.2 Å². The van der Waals surface area contributed by atoms with Crippen LogP contribution in [-0.4, -0.2) is 28.7 Å². The summed E-state index contributed by atoms with van der Waals surface area (Å²) in [5, 5.41) is 20.4. The van der Waals surface area contributed by atoms with Crippen molar-refractivity contribution < 1.29 is 10.2 Å². The second kappa shape index (κ2) is 11.4. The van der Waals surface area contributed by atoms with E-state index in [1.54, 1.807) is 36.7 Å². The van der Waals surface area contributed by atoms with Gasteiger partial charge in [0.25, 0.3) is 0 Å². The van der Waals surface area contributed by atoms with Gasteiger partial charge in [-0.15, -0.1) is 0 Å². The molecule has 0 aliphatic heterocycles. The number of phenolic OH excluding ortho intramolecular Hbond substituents is 2. The van der Waals surface area contributed by atoms with E-state index in [4.69, 9.17) is 9.98 Å². The zero-order chi connectivity index (χ0) is 23.6. The van der Waals surface area contributed by atoms with Gasteiger partial charge in [-0.2, -0.15) is 0 Å². The Morgan fingerprint density at radius 2 is 1.06 bits per heavy atom. The Hall–Kier alpha value is -4.44. The van der Waals surface area contributed by atoms with Crippen molar-refractivity contribution in [3.05, 3.63) is 138 Å². The third-order valence-electron chi connectivity index (χ3n) is 5.38. The highest BCUT2D eigenvalue weighted by molar-refractivity contribution is 5.84. The highest BCUT2D eigenvalue weighted by Gasteiger charge is 2.19. The molecule has 34 heavy (non-hydrogen) atoms. The Balaban J connectivity index is 1.75. The fraction of sp³-hybridized carbons (Fsp3) is 0.0667. The van der Waals surface area contributed by atoms with E-state index in [-0.39, 0.29) is 23.6 Å². The number of hydrogen-bond acceptors (Lipinski definition) is 4. The van der Waals surface area contributed by atoms with Crippen molar-refractivity contribution in [1.82, 2.24) is 0 Å². The molecular weight excluding hydrogens is 420 g/mol. The van der Waals surface area contributed by atoms with Crippen LogP contribution in [0.15, 0.2) is 125 Å². The lowest BCUT2D eigenvalue weighted by molar-refractivity contribution is 0.473. The average molecular weight is 447 g/mol. The van der Waals surface area contributed by atoms with Crippen molar-refractivity contribution in [2.75, 3.05) is 0 Å². The fourth-order valence-corrected chi connectivity index (χ4v) is 3.55. The molecule has 0 aliphatic rings. The highest BCUT2D eigenvalue weighted by atomic mass is 16.3. The monoisotopic (exact) mass is 446 g/mol. The van der Waals surface area contributed by atoms with Gasteiger partial charge in [0.1, 0.15) is 17.5 Å². The quantitative estimate of drug-likeness (QED) is 0.305. The van der Waals surface area contributed by atoms with Gasteiger partial charge < -0.3 is 10.2 Å². The van der Waals surface area contributed by atoms with Crippen LogP contribution in [0.1, 0.15) is 28.3 Å². The maximum absolute atomic E-state index is 10.2. The smallest absolute Gasteiger partial charge is 0.124 e. The van der Waals surface area contributed by atoms with Gasteiger partial charge in [-0.1, -0.05) is 97.1 Å². The average Bonchev–Trinajstić information content (AvgIpc) is 2.88. The van der Waals surface area contributed by atoms with Gasteiger partial charge in [0.05, 0.1) is 6.04 Å². The Labute approximate surface area is 199 Å². The summed E-state index contributed by atoms with van der Waals surface area (Å²) in [5.41, 5.74) is 3.32. The standard InChI is InChI=1S/C30H26N2O2/c33-28-17-9-7-15-25(28)21-31-27(20-19-23-11-3-1-4-12-23)30(24-13-5-2-6-14-24)32-22-26-16-8-10-18-29(26)34/h1-22,27,30,33-34H/b20-19+,31-21?,32-22?/t27-,30-/m0/s1. The van der Waals surface area contributed by atoms with Crippen LogP contribution in [0.2, 0.25) is 0 Å². The van der Waals surface area contributed by atoms with Crippen LogP contribution >= 0.6 is 0 Å². The second-order valence-corrected chi connectivity index (χ2v) is 7.79. The third-order valence-corrected chi connectivity index (χ3v) is 5.38. The van der Waals surface area contributed by atoms with E-state index in [2.05, 4.69) is 0 Å². The van der Waals surface area contributed by atoms with Crippen LogP contribution in [0.5, 0.6) is 11.5 Å². The Morgan fingerprint density at radius 3 is 1.65 bits per heavy atom. The lowest BCUT2D eigenvalue weighted by atomic mass is 9.98. The van der Waals surface area contributed by atoms with Crippen molar-refractivity contribution in [3.63, 3.8) is 0 Å². The van der Waals surface area contributed by atoms with Gasteiger partial charge >= 0.3 is 0 Å². The molecule has 0 unspecified atom stereocenters. The molecule has 0 aromatic heterocycles. The molecule has 2 N–H and O–H groups in total. The number of benzene rings is 4. The number of rotatable bonds is 8. The maximum atomic E-state index is 10.2. The van der Waals surface area contributed by atoms with Crippen molar-refractivity contribution in [1.29, 1.82) is 0 Å². The molecule has 0 bridgehead atoms. The number of aliphatic imine (C=N–C) groups is 2. The molecular formula is C30H26N2O2. The van der Waals surface area contributed by atoms with Crippen molar-refractivity contribution in [2.24, 2.45) is 9.98 Å². The number of hydrogen-bond donors (Lipinski definition) is 2. The zero-order valence-electron chi connectivity index (χ0n) is 18.6. The maximum Gasteiger partial charge on any atom is 0.124 e. The normalized spacial score (nSPS) is 13.5. The van der Waals surface area contributed by atoms with Crippen LogP contribution in [0, 0.1) is 0 Å². The first kappa shape index (κ1) is 22.7. The number of nitrogens with zero attached hydrogens (tertiary/aromatic N) is 2. The minimum Gasteiger partial charge on any atom is -0.507 e. The van der Waals surface area contributed by atoms with E-state index >= 15 is 0 Å². The number of phenols is 2. The molecule has 0 saturated heterocycles. The van der Waals surface area contributed by atoms with Gasteiger partial charge in [0, 0.05) is 23.6 Å². The fourth-order valence-electron chi connectivity index (χ4n) is 3.55. The second-order valence-electron chi connectivity index (χ2n) is 7.79. The molecule has 0 radical (unpaired) electrons. The SMILES string of the molecule is Oc1ccccc1C=N[C@@H](/C=C/c1ccccc1)[C@@H](N=Cc1ccccc1O)c1ccccc1. The summed E-state index contributed by atoms with van der Waals surface area (Å²) in [5.74, 6) is 0.346. The predicted molar refractivity (Wildman–Crippen MR) is 140 cm³/mol. The summed E-state index contributed by atoms with van der Waals surface area (Å²) in [4.78, 5) is 9.69. The van der Waals surface area contributed by atoms with Gasteiger partial charge in [-0.05, 0) is 35.4 Å². The summed E-state index contributed by atoms with van der Waals surface area (Å²) in [6, 6.07) is 33.5. The summed E-state index contributed by atoms with van der Waals surface area (Å²) in [6.07, 6.45) is 7.41. The first-order chi connectivity index (χ1) is 16.7. The van der Waals surface area contributed by atoms with Crippen LogP contribution < -0.4 is 0 Å². The molecule has 4 heteroatoms. The zero-order valence-corrected chi connectivity index (χ0v) is 18.6. The topological polar surface area (TPSA) is 65.2 Å². The summed E-state index contributed by atoms with van der Waals surface area (Å²) in [6.45, 7) is 0. The summed E-state index contributed by atoms with van der Waals surface area (Å²) in [7, 11) is 0.